The van der Waals surface area contributed by atoms with E-state index in [4.69, 9.17) is 5.73 Å². The SMILES string of the molecule is NC1(c2ccc(C3CCCCC3)cc2)C=CC=CC1[N+](=O)[O-]. The van der Waals surface area contributed by atoms with Crippen LogP contribution in [0.3, 0.4) is 0 Å². The van der Waals surface area contributed by atoms with Crippen molar-refractivity contribution in [3.8, 4) is 0 Å². The topological polar surface area (TPSA) is 69.2 Å². The summed E-state index contributed by atoms with van der Waals surface area (Å²) in [5.74, 6) is 0.629. The average Bonchev–Trinajstić information content (AvgIpc) is 2.56. The summed E-state index contributed by atoms with van der Waals surface area (Å²) in [4.78, 5) is 11.0. The summed E-state index contributed by atoms with van der Waals surface area (Å²) in [6.07, 6.45) is 13.2. The van der Waals surface area contributed by atoms with Gasteiger partial charge in [0.2, 0.25) is 0 Å². The van der Waals surface area contributed by atoms with Gasteiger partial charge >= 0.3 is 0 Å². The molecule has 1 aromatic rings. The van der Waals surface area contributed by atoms with Crippen LogP contribution in [0.25, 0.3) is 0 Å². The molecule has 1 aromatic carbocycles. The fourth-order valence-corrected chi connectivity index (χ4v) is 3.63. The van der Waals surface area contributed by atoms with Crippen LogP contribution in [0.5, 0.6) is 0 Å². The average molecular weight is 298 g/mol. The molecule has 0 amide bonds. The van der Waals surface area contributed by atoms with Crippen LogP contribution < -0.4 is 5.73 Å². The standard InChI is InChI=1S/C18H22N2O2/c19-18(13-5-4-8-17(18)20(21)22)16-11-9-15(10-12-16)14-6-2-1-3-7-14/h4-5,8-14,17H,1-3,6-7,19H2. The van der Waals surface area contributed by atoms with Crippen LogP contribution in [0, 0.1) is 10.1 Å². The van der Waals surface area contributed by atoms with E-state index in [1.54, 1.807) is 24.3 Å². The minimum Gasteiger partial charge on any atom is -0.312 e. The Labute approximate surface area is 130 Å². The largest absolute Gasteiger partial charge is 0.312 e. The maximum Gasteiger partial charge on any atom is 0.256 e. The molecule has 4 nitrogen and oxygen atoms in total. The van der Waals surface area contributed by atoms with Gasteiger partial charge in [-0.1, -0.05) is 61.8 Å². The van der Waals surface area contributed by atoms with Gasteiger partial charge in [-0.3, -0.25) is 10.1 Å². The van der Waals surface area contributed by atoms with Gasteiger partial charge in [-0.15, -0.1) is 0 Å². The number of hydrogen-bond acceptors (Lipinski definition) is 3. The molecule has 1 fully saturated rings. The minimum atomic E-state index is -1.07. The molecule has 2 aliphatic carbocycles. The zero-order valence-electron chi connectivity index (χ0n) is 12.7. The molecule has 0 aliphatic heterocycles. The van der Waals surface area contributed by atoms with Crippen LogP contribution in [0.2, 0.25) is 0 Å². The highest BCUT2D eigenvalue weighted by Gasteiger charge is 2.42. The Morgan fingerprint density at radius 1 is 1.09 bits per heavy atom. The zero-order valence-corrected chi connectivity index (χ0v) is 12.7. The van der Waals surface area contributed by atoms with E-state index < -0.39 is 11.6 Å². The van der Waals surface area contributed by atoms with Crippen molar-refractivity contribution >= 4 is 0 Å². The first-order valence-corrected chi connectivity index (χ1v) is 8.00. The maximum absolute atomic E-state index is 11.3. The van der Waals surface area contributed by atoms with E-state index in [9.17, 15) is 10.1 Å². The molecule has 116 valence electrons. The molecule has 2 aliphatic rings. The highest BCUT2D eigenvalue weighted by Crippen LogP contribution is 2.35. The number of nitro groups is 1. The molecule has 1 saturated carbocycles. The summed E-state index contributed by atoms with van der Waals surface area (Å²) in [6, 6.07) is 7.21. The quantitative estimate of drug-likeness (QED) is 0.684. The molecular formula is C18H22N2O2. The van der Waals surface area contributed by atoms with Crippen molar-refractivity contribution < 1.29 is 4.92 Å². The number of nitrogens with zero attached hydrogens (tertiary/aromatic N) is 1. The summed E-state index contributed by atoms with van der Waals surface area (Å²) >= 11 is 0. The summed E-state index contributed by atoms with van der Waals surface area (Å²) < 4.78 is 0. The van der Waals surface area contributed by atoms with Gasteiger partial charge in [0.1, 0.15) is 5.54 Å². The van der Waals surface area contributed by atoms with Gasteiger partial charge in [0, 0.05) is 4.92 Å². The third-order valence-corrected chi connectivity index (χ3v) is 4.98. The van der Waals surface area contributed by atoms with Crippen molar-refractivity contribution in [2.24, 2.45) is 5.73 Å². The molecule has 2 N–H and O–H groups in total. The van der Waals surface area contributed by atoms with Crippen LogP contribution in [-0.4, -0.2) is 11.0 Å². The Morgan fingerprint density at radius 2 is 1.77 bits per heavy atom. The molecule has 0 aromatic heterocycles. The van der Waals surface area contributed by atoms with E-state index in [1.165, 1.54) is 37.7 Å². The fraction of sp³-hybridized carbons (Fsp3) is 0.444. The van der Waals surface area contributed by atoms with Crippen LogP contribution in [-0.2, 0) is 5.54 Å². The number of benzene rings is 1. The lowest BCUT2D eigenvalue weighted by molar-refractivity contribution is -0.519. The summed E-state index contributed by atoms with van der Waals surface area (Å²) in [6.45, 7) is 0. The zero-order chi connectivity index (χ0) is 15.6. The molecule has 0 spiro atoms. The predicted octanol–water partition coefficient (Wildman–Crippen LogP) is 3.66. The lowest BCUT2D eigenvalue weighted by atomic mass is 9.79. The first-order chi connectivity index (χ1) is 10.6. The van der Waals surface area contributed by atoms with Crippen molar-refractivity contribution in [2.75, 3.05) is 0 Å². The molecule has 0 radical (unpaired) electrons. The van der Waals surface area contributed by atoms with E-state index in [2.05, 4.69) is 12.1 Å². The highest BCUT2D eigenvalue weighted by molar-refractivity contribution is 5.39. The van der Waals surface area contributed by atoms with Crippen molar-refractivity contribution in [3.05, 3.63) is 69.8 Å². The second-order valence-corrected chi connectivity index (χ2v) is 6.36. The molecular weight excluding hydrogens is 276 g/mol. The molecule has 2 atom stereocenters. The van der Waals surface area contributed by atoms with Gasteiger partial charge in [0.15, 0.2) is 0 Å². The second kappa shape index (κ2) is 6.05. The Kier molecular flexibility index (Phi) is 4.12. The van der Waals surface area contributed by atoms with E-state index in [0.29, 0.717) is 5.92 Å². The third-order valence-electron chi connectivity index (χ3n) is 4.98. The van der Waals surface area contributed by atoms with E-state index in [-0.39, 0.29) is 4.92 Å². The first-order valence-electron chi connectivity index (χ1n) is 8.00. The second-order valence-electron chi connectivity index (χ2n) is 6.36. The van der Waals surface area contributed by atoms with Gasteiger partial charge in [0.05, 0.1) is 0 Å². The Balaban J connectivity index is 1.86. The maximum atomic E-state index is 11.3. The monoisotopic (exact) mass is 298 g/mol. The molecule has 0 bridgehead atoms. The van der Waals surface area contributed by atoms with E-state index in [0.717, 1.165) is 5.56 Å². The molecule has 22 heavy (non-hydrogen) atoms. The van der Waals surface area contributed by atoms with Crippen molar-refractivity contribution in [1.29, 1.82) is 0 Å². The molecule has 0 saturated heterocycles. The summed E-state index contributed by atoms with van der Waals surface area (Å²) in [5, 5.41) is 11.3. The molecule has 3 rings (SSSR count). The Hall–Kier alpha value is -1.94. The third kappa shape index (κ3) is 2.71. The number of hydrogen-bond donors (Lipinski definition) is 1. The highest BCUT2D eigenvalue weighted by atomic mass is 16.6. The van der Waals surface area contributed by atoms with Crippen LogP contribution >= 0.6 is 0 Å². The smallest absolute Gasteiger partial charge is 0.256 e. The Morgan fingerprint density at radius 3 is 2.41 bits per heavy atom. The van der Waals surface area contributed by atoms with Crippen molar-refractivity contribution in [3.63, 3.8) is 0 Å². The van der Waals surface area contributed by atoms with Gasteiger partial charge in [0.25, 0.3) is 6.04 Å². The minimum absolute atomic E-state index is 0.310. The van der Waals surface area contributed by atoms with Gasteiger partial charge in [-0.25, -0.2) is 0 Å². The van der Waals surface area contributed by atoms with E-state index in [1.807, 2.05) is 12.1 Å². The lowest BCUT2D eigenvalue weighted by Crippen LogP contribution is -2.50. The van der Waals surface area contributed by atoms with Crippen molar-refractivity contribution in [1.82, 2.24) is 0 Å². The van der Waals surface area contributed by atoms with Crippen LogP contribution in [0.1, 0.15) is 49.1 Å². The molecule has 4 heteroatoms. The van der Waals surface area contributed by atoms with Crippen LogP contribution in [0.4, 0.5) is 0 Å². The van der Waals surface area contributed by atoms with Gasteiger partial charge in [-0.2, -0.15) is 0 Å². The summed E-state index contributed by atoms with van der Waals surface area (Å²) in [5.41, 5.74) is 7.44. The van der Waals surface area contributed by atoms with Crippen LogP contribution in [0.15, 0.2) is 48.6 Å². The summed E-state index contributed by atoms with van der Waals surface area (Å²) in [7, 11) is 0. The fourth-order valence-electron chi connectivity index (χ4n) is 3.63. The number of allylic oxidation sites excluding steroid dienone is 2. The molecule has 0 heterocycles. The van der Waals surface area contributed by atoms with Crippen molar-refractivity contribution in [2.45, 2.75) is 49.6 Å². The van der Waals surface area contributed by atoms with E-state index >= 15 is 0 Å². The van der Waals surface area contributed by atoms with Gasteiger partial charge < -0.3 is 5.73 Å². The molecule has 2 unspecified atom stereocenters. The predicted molar refractivity (Wildman–Crippen MR) is 87.2 cm³/mol. The normalized spacial score (nSPS) is 28.7. The lowest BCUT2D eigenvalue weighted by Gasteiger charge is -2.30. The van der Waals surface area contributed by atoms with Gasteiger partial charge in [-0.05, 0) is 36.0 Å². The number of nitrogens with two attached hydrogens (primary N) is 1. The first kappa shape index (κ1) is 15.0. The Bertz CT molecular complexity index is 600. The number of rotatable bonds is 3.